The molecule has 5 rings (SSSR count). The number of nitro groups is 1. The lowest BCUT2D eigenvalue weighted by Gasteiger charge is -2.17. The molecule has 10 nitrogen and oxygen atoms in total. The number of carbonyl (C=O) groups is 2. The quantitative estimate of drug-likeness (QED) is 0.187. The molecule has 1 aromatic heterocycles. The maximum absolute atomic E-state index is 13.1. The third-order valence-corrected chi connectivity index (χ3v) is 7.58. The van der Waals surface area contributed by atoms with Gasteiger partial charge in [0.25, 0.3) is 11.6 Å². The van der Waals surface area contributed by atoms with Crippen LogP contribution in [0.1, 0.15) is 27.3 Å². The van der Waals surface area contributed by atoms with Crippen molar-refractivity contribution in [2.75, 3.05) is 17.2 Å². The number of nitro benzene ring substituents is 1. The van der Waals surface area contributed by atoms with Gasteiger partial charge in [0.05, 0.1) is 22.9 Å². The van der Waals surface area contributed by atoms with Crippen LogP contribution < -0.4 is 10.2 Å². The van der Waals surface area contributed by atoms with Crippen molar-refractivity contribution in [2.24, 2.45) is 0 Å². The Bertz CT molecular complexity index is 1590. The maximum atomic E-state index is 13.1. The Morgan fingerprint density at radius 2 is 1.90 bits per heavy atom. The normalized spacial score (nSPS) is 12.3. The van der Waals surface area contributed by atoms with E-state index in [-0.39, 0.29) is 35.0 Å². The summed E-state index contributed by atoms with van der Waals surface area (Å²) in [6.45, 7) is 2.16. The van der Waals surface area contributed by atoms with E-state index >= 15 is 0 Å². The summed E-state index contributed by atoms with van der Waals surface area (Å²) in [6.07, 6.45) is 0.819. The highest BCUT2D eigenvalue weighted by molar-refractivity contribution is 7.99. The third-order valence-electron chi connectivity index (χ3n) is 6.43. The maximum Gasteiger partial charge on any atom is 0.273 e. The Kier molecular flexibility index (Phi) is 7.62. The molecule has 0 fully saturated rings. The summed E-state index contributed by atoms with van der Waals surface area (Å²) in [5.41, 5.74) is 3.09. The highest BCUT2D eigenvalue weighted by Gasteiger charge is 2.25. The number of carbonyl (C=O) groups excluding carboxylic acids is 2. The number of nitrogens with zero attached hydrogens (tertiary/aromatic N) is 5. The predicted molar refractivity (Wildman–Crippen MR) is 149 cm³/mol. The minimum absolute atomic E-state index is 0.00547. The van der Waals surface area contributed by atoms with Crippen LogP contribution in [0.5, 0.6) is 0 Å². The Morgan fingerprint density at radius 1 is 1.10 bits per heavy atom. The highest BCUT2D eigenvalue weighted by Crippen LogP contribution is 2.30. The van der Waals surface area contributed by atoms with Gasteiger partial charge in [-0.15, -0.1) is 10.2 Å². The van der Waals surface area contributed by atoms with Gasteiger partial charge in [0.2, 0.25) is 5.91 Å². The van der Waals surface area contributed by atoms with Crippen LogP contribution in [0.3, 0.4) is 0 Å². The summed E-state index contributed by atoms with van der Waals surface area (Å²) in [6, 6.07) is 19.3. The smallest absolute Gasteiger partial charge is 0.273 e. The molecule has 0 atom stereocenters. The second-order valence-electron chi connectivity index (χ2n) is 8.82. The van der Waals surface area contributed by atoms with E-state index in [1.54, 1.807) is 27.7 Å². The first-order chi connectivity index (χ1) is 18.8. The number of hydrogen-bond acceptors (Lipinski definition) is 7. The lowest BCUT2D eigenvalue weighted by molar-refractivity contribution is -0.385. The number of thioether (sulfide) groups is 1. The highest BCUT2D eigenvalue weighted by atomic mass is 35.5. The number of benzene rings is 3. The second-order valence-corrected chi connectivity index (χ2v) is 10.2. The van der Waals surface area contributed by atoms with Crippen molar-refractivity contribution in [3.05, 3.63) is 104 Å². The van der Waals surface area contributed by atoms with Gasteiger partial charge in [0.15, 0.2) is 11.0 Å². The van der Waals surface area contributed by atoms with Gasteiger partial charge in [0.1, 0.15) is 0 Å². The first-order valence-electron chi connectivity index (χ1n) is 12.1. The van der Waals surface area contributed by atoms with Gasteiger partial charge in [-0.1, -0.05) is 53.7 Å². The molecular weight excluding hydrogens is 540 g/mol. The molecule has 1 N–H and O–H groups in total. The third kappa shape index (κ3) is 5.50. The fourth-order valence-electron chi connectivity index (χ4n) is 4.51. The van der Waals surface area contributed by atoms with Crippen molar-refractivity contribution in [3.63, 3.8) is 0 Å². The van der Waals surface area contributed by atoms with E-state index in [1.165, 1.54) is 36.9 Å². The molecule has 3 aromatic carbocycles. The Balaban J connectivity index is 1.36. The molecule has 0 aliphatic carbocycles. The molecule has 39 heavy (non-hydrogen) atoms. The minimum Gasteiger partial charge on any atom is -0.345 e. The number of aromatic nitrogens is 3. The van der Waals surface area contributed by atoms with E-state index in [1.807, 2.05) is 30.3 Å². The second kappa shape index (κ2) is 11.3. The number of halogens is 1. The SMILES string of the molecule is Cc1c(C(=O)NCc2nnc(SCC(=O)N3CCc4ccccc43)n2-c2cccc(Cl)c2)cccc1[N+](=O)[O-]. The average Bonchev–Trinajstić information content (AvgIpc) is 3.54. The van der Waals surface area contributed by atoms with Gasteiger partial charge >= 0.3 is 0 Å². The van der Waals surface area contributed by atoms with Gasteiger partial charge in [-0.2, -0.15) is 0 Å². The molecule has 1 aliphatic heterocycles. The molecule has 0 unspecified atom stereocenters. The number of nitrogens with one attached hydrogen (secondary N) is 1. The van der Waals surface area contributed by atoms with Crippen molar-refractivity contribution in [2.45, 2.75) is 25.0 Å². The fourth-order valence-corrected chi connectivity index (χ4v) is 5.54. The zero-order valence-corrected chi connectivity index (χ0v) is 22.4. The molecule has 2 amide bonds. The van der Waals surface area contributed by atoms with Crippen LogP contribution in [0.4, 0.5) is 11.4 Å². The van der Waals surface area contributed by atoms with E-state index in [0.29, 0.717) is 28.2 Å². The van der Waals surface area contributed by atoms with E-state index < -0.39 is 10.8 Å². The van der Waals surface area contributed by atoms with Crippen LogP contribution in [-0.2, 0) is 17.8 Å². The van der Waals surface area contributed by atoms with Crippen molar-refractivity contribution in [1.29, 1.82) is 0 Å². The van der Waals surface area contributed by atoms with Gasteiger partial charge in [-0.05, 0) is 49.2 Å². The molecule has 0 saturated carbocycles. The summed E-state index contributed by atoms with van der Waals surface area (Å²) < 4.78 is 1.74. The largest absolute Gasteiger partial charge is 0.345 e. The predicted octanol–water partition coefficient (Wildman–Crippen LogP) is 4.75. The molecule has 0 radical (unpaired) electrons. The summed E-state index contributed by atoms with van der Waals surface area (Å²) in [7, 11) is 0. The van der Waals surface area contributed by atoms with Crippen LogP contribution in [-0.4, -0.2) is 43.8 Å². The van der Waals surface area contributed by atoms with Crippen LogP contribution in [0, 0.1) is 17.0 Å². The summed E-state index contributed by atoms with van der Waals surface area (Å²) in [4.78, 5) is 38.5. The van der Waals surface area contributed by atoms with Crippen LogP contribution in [0.25, 0.3) is 5.69 Å². The number of anilines is 1. The Morgan fingerprint density at radius 3 is 2.69 bits per heavy atom. The first kappa shape index (κ1) is 26.4. The van der Waals surface area contributed by atoms with E-state index in [0.717, 1.165) is 17.7 Å². The van der Waals surface area contributed by atoms with Crippen molar-refractivity contribution in [1.82, 2.24) is 20.1 Å². The molecule has 0 spiro atoms. The van der Waals surface area contributed by atoms with E-state index in [2.05, 4.69) is 15.5 Å². The minimum atomic E-state index is -0.520. The lowest BCUT2D eigenvalue weighted by Crippen LogP contribution is -2.30. The summed E-state index contributed by atoms with van der Waals surface area (Å²) in [5.74, 6) is 0.0393. The first-order valence-corrected chi connectivity index (χ1v) is 13.4. The number of fused-ring (bicyclic) bond motifs is 1. The zero-order valence-electron chi connectivity index (χ0n) is 20.8. The fraction of sp³-hybridized carbons (Fsp3) is 0.185. The van der Waals surface area contributed by atoms with Gasteiger partial charge in [-0.25, -0.2) is 0 Å². The van der Waals surface area contributed by atoms with Crippen molar-refractivity contribution in [3.8, 4) is 5.69 Å². The summed E-state index contributed by atoms with van der Waals surface area (Å²) >= 11 is 7.49. The van der Waals surface area contributed by atoms with Gasteiger partial charge < -0.3 is 10.2 Å². The van der Waals surface area contributed by atoms with Gasteiger partial charge in [0, 0.05) is 34.4 Å². The number of rotatable bonds is 8. The lowest BCUT2D eigenvalue weighted by atomic mass is 10.1. The molecular formula is C27H23ClN6O4S. The standard InChI is InChI=1S/C27H23ClN6O4S/c1-17-21(9-5-11-22(17)34(37)38)26(36)29-15-24-30-31-27(33(24)20-8-4-7-19(28)14-20)39-16-25(35)32-13-12-18-6-2-3-10-23(18)32/h2-11,14H,12-13,15-16H2,1H3,(H,29,36). The monoisotopic (exact) mass is 562 g/mol. The Labute approximate surface area is 233 Å². The van der Waals surface area contributed by atoms with E-state index in [9.17, 15) is 19.7 Å². The molecule has 2 heterocycles. The molecule has 0 bridgehead atoms. The summed E-state index contributed by atoms with van der Waals surface area (Å²) in [5, 5.41) is 23.6. The zero-order chi connectivity index (χ0) is 27.5. The van der Waals surface area contributed by atoms with E-state index in [4.69, 9.17) is 11.6 Å². The molecule has 1 aliphatic rings. The Hall–Kier alpha value is -4.22. The average molecular weight is 563 g/mol. The topological polar surface area (TPSA) is 123 Å². The molecule has 198 valence electrons. The van der Waals surface area contributed by atoms with Crippen LogP contribution in [0.15, 0.2) is 71.9 Å². The number of para-hydroxylation sites is 1. The number of amides is 2. The molecule has 12 heteroatoms. The van der Waals surface area contributed by atoms with Gasteiger partial charge in [-0.3, -0.25) is 24.3 Å². The number of hydrogen-bond donors (Lipinski definition) is 1. The molecule has 0 saturated heterocycles. The van der Waals surface area contributed by atoms with Crippen LogP contribution >= 0.6 is 23.4 Å². The van der Waals surface area contributed by atoms with Crippen molar-refractivity contribution < 1.29 is 14.5 Å². The molecule has 4 aromatic rings. The van der Waals surface area contributed by atoms with Crippen LogP contribution in [0.2, 0.25) is 5.02 Å². The van der Waals surface area contributed by atoms with Crippen molar-refractivity contribution >= 4 is 46.6 Å².